The zero-order valence-corrected chi connectivity index (χ0v) is 13.4. The van der Waals surface area contributed by atoms with Gasteiger partial charge in [-0.05, 0) is 30.1 Å². The van der Waals surface area contributed by atoms with Crippen molar-refractivity contribution in [2.75, 3.05) is 6.54 Å². The summed E-state index contributed by atoms with van der Waals surface area (Å²) >= 11 is 6.65. The van der Waals surface area contributed by atoms with Crippen LogP contribution in [0.3, 0.4) is 0 Å². The Morgan fingerprint density at radius 1 is 1.32 bits per heavy atom. The number of amides is 1. The van der Waals surface area contributed by atoms with E-state index in [-0.39, 0.29) is 5.91 Å². The third kappa shape index (κ3) is 5.57. The fraction of sp³-hybridized carbons (Fsp3) is 0.538. The van der Waals surface area contributed by atoms with Crippen molar-refractivity contribution in [2.45, 2.75) is 33.6 Å². The van der Waals surface area contributed by atoms with Crippen LogP contribution in [0, 0.1) is 5.92 Å². The van der Waals surface area contributed by atoms with Crippen molar-refractivity contribution in [1.29, 1.82) is 0 Å². The molecule has 0 spiro atoms. The van der Waals surface area contributed by atoms with E-state index in [4.69, 9.17) is 12.2 Å². The van der Waals surface area contributed by atoms with Gasteiger partial charge in [0.15, 0.2) is 5.11 Å². The molecule has 0 atom stereocenters. The number of thiocarbonyl (C=S) groups is 1. The lowest BCUT2D eigenvalue weighted by Gasteiger charge is -2.12. The van der Waals surface area contributed by atoms with Gasteiger partial charge in [-0.15, -0.1) is 11.3 Å². The Kier molecular flexibility index (Phi) is 6.24. The predicted octanol–water partition coefficient (Wildman–Crippen LogP) is 2.64. The van der Waals surface area contributed by atoms with E-state index >= 15 is 0 Å². The molecular formula is C13H21N3OS2. The first-order valence-electron chi connectivity index (χ1n) is 6.32. The van der Waals surface area contributed by atoms with E-state index in [1.165, 1.54) is 4.88 Å². The Hall–Kier alpha value is -1.14. The molecule has 0 aliphatic heterocycles. The van der Waals surface area contributed by atoms with Gasteiger partial charge in [0.1, 0.15) is 0 Å². The molecule has 1 heterocycles. The Bertz CT molecular complexity index is 441. The van der Waals surface area contributed by atoms with E-state index in [9.17, 15) is 4.79 Å². The average molecular weight is 299 g/mol. The summed E-state index contributed by atoms with van der Waals surface area (Å²) in [6.45, 7) is 9.17. The fourth-order valence-corrected chi connectivity index (χ4v) is 2.34. The maximum atomic E-state index is 11.9. The highest BCUT2D eigenvalue weighted by Gasteiger charge is 2.10. The number of thiophene rings is 1. The first kappa shape index (κ1) is 15.9. The molecule has 0 unspecified atom stereocenters. The number of hydrogen-bond donors (Lipinski definition) is 3. The fourth-order valence-electron chi connectivity index (χ4n) is 1.30. The van der Waals surface area contributed by atoms with Crippen molar-refractivity contribution in [3.8, 4) is 0 Å². The molecule has 6 heteroatoms. The van der Waals surface area contributed by atoms with Crippen LogP contribution in [0.15, 0.2) is 11.4 Å². The second-order valence-corrected chi connectivity index (χ2v) is 6.43. The molecule has 0 saturated heterocycles. The summed E-state index contributed by atoms with van der Waals surface area (Å²) < 4.78 is 0. The zero-order valence-electron chi connectivity index (χ0n) is 11.7. The monoisotopic (exact) mass is 299 g/mol. The van der Waals surface area contributed by atoms with Gasteiger partial charge >= 0.3 is 0 Å². The summed E-state index contributed by atoms with van der Waals surface area (Å²) in [6.07, 6.45) is 0. The van der Waals surface area contributed by atoms with Gasteiger partial charge in [0.25, 0.3) is 5.91 Å². The Morgan fingerprint density at radius 3 is 2.53 bits per heavy atom. The standard InChI is InChI=1S/C13H21N3OS2/c1-8(2)6-14-13(18)16-15-12(17)10-5-11(9(3)4)19-7-10/h5,7-9H,6H2,1-4H3,(H,15,17)(H2,14,16,18). The number of nitrogens with one attached hydrogen (secondary N) is 3. The van der Waals surface area contributed by atoms with Crippen LogP contribution < -0.4 is 16.2 Å². The topological polar surface area (TPSA) is 53.2 Å². The number of rotatable bonds is 4. The molecule has 0 aliphatic rings. The Morgan fingerprint density at radius 2 is 2.00 bits per heavy atom. The van der Waals surface area contributed by atoms with Crippen LogP contribution in [0.1, 0.15) is 48.8 Å². The molecule has 3 N–H and O–H groups in total. The van der Waals surface area contributed by atoms with Crippen molar-refractivity contribution >= 4 is 34.6 Å². The molecule has 0 saturated carbocycles. The summed E-state index contributed by atoms with van der Waals surface area (Å²) in [5.41, 5.74) is 5.95. The van der Waals surface area contributed by atoms with Crippen molar-refractivity contribution in [3.63, 3.8) is 0 Å². The molecule has 106 valence electrons. The van der Waals surface area contributed by atoms with Crippen LogP contribution in [0.2, 0.25) is 0 Å². The zero-order chi connectivity index (χ0) is 14.4. The first-order chi connectivity index (χ1) is 8.90. The van der Waals surface area contributed by atoms with Crippen LogP contribution in [0.5, 0.6) is 0 Å². The van der Waals surface area contributed by atoms with Gasteiger partial charge in [-0.25, -0.2) is 0 Å². The van der Waals surface area contributed by atoms with Crippen molar-refractivity contribution in [1.82, 2.24) is 16.2 Å². The van der Waals surface area contributed by atoms with Gasteiger partial charge < -0.3 is 5.32 Å². The van der Waals surface area contributed by atoms with Gasteiger partial charge in [0.05, 0.1) is 5.56 Å². The average Bonchev–Trinajstić information content (AvgIpc) is 2.83. The molecule has 0 fully saturated rings. The van der Waals surface area contributed by atoms with E-state index in [0.29, 0.717) is 22.5 Å². The number of hydrazine groups is 1. The molecule has 1 aromatic heterocycles. The molecule has 1 aromatic rings. The maximum absolute atomic E-state index is 11.9. The SMILES string of the molecule is CC(C)CNC(=S)NNC(=O)c1csc(C(C)C)c1. The third-order valence-corrected chi connectivity index (χ3v) is 3.89. The number of hydrogen-bond acceptors (Lipinski definition) is 3. The second-order valence-electron chi connectivity index (χ2n) is 5.08. The van der Waals surface area contributed by atoms with Crippen LogP contribution in [0.25, 0.3) is 0 Å². The highest BCUT2D eigenvalue weighted by molar-refractivity contribution is 7.80. The normalized spacial score (nSPS) is 10.6. The highest BCUT2D eigenvalue weighted by atomic mass is 32.1. The van der Waals surface area contributed by atoms with Crippen molar-refractivity contribution in [2.24, 2.45) is 5.92 Å². The lowest BCUT2D eigenvalue weighted by atomic mass is 10.1. The molecule has 0 aromatic carbocycles. The molecular weight excluding hydrogens is 278 g/mol. The highest BCUT2D eigenvalue weighted by Crippen LogP contribution is 2.22. The van der Waals surface area contributed by atoms with E-state index in [0.717, 1.165) is 6.54 Å². The number of carbonyl (C=O) groups is 1. The minimum absolute atomic E-state index is 0.170. The van der Waals surface area contributed by atoms with Crippen molar-refractivity contribution in [3.05, 3.63) is 21.9 Å². The Labute approximate surface area is 123 Å². The lowest BCUT2D eigenvalue weighted by molar-refractivity contribution is 0.0944. The van der Waals surface area contributed by atoms with Crippen LogP contribution in [-0.2, 0) is 0 Å². The van der Waals surface area contributed by atoms with E-state index < -0.39 is 0 Å². The molecule has 1 amide bonds. The van der Waals surface area contributed by atoms with E-state index in [2.05, 4.69) is 43.9 Å². The predicted molar refractivity (Wildman–Crippen MR) is 84.4 cm³/mol. The molecule has 0 bridgehead atoms. The summed E-state index contributed by atoms with van der Waals surface area (Å²) in [5, 5.41) is 5.31. The Balaban J connectivity index is 2.40. The summed E-state index contributed by atoms with van der Waals surface area (Å²) in [6, 6.07) is 1.91. The van der Waals surface area contributed by atoms with Crippen LogP contribution in [0.4, 0.5) is 0 Å². The molecule has 4 nitrogen and oxygen atoms in total. The minimum Gasteiger partial charge on any atom is -0.361 e. The van der Waals surface area contributed by atoms with Gasteiger partial charge in [-0.1, -0.05) is 27.7 Å². The first-order valence-corrected chi connectivity index (χ1v) is 7.61. The molecule has 0 radical (unpaired) electrons. The van der Waals surface area contributed by atoms with E-state index in [1.54, 1.807) is 11.3 Å². The number of carbonyl (C=O) groups excluding carboxylic acids is 1. The van der Waals surface area contributed by atoms with Crippen LogP contribution in [-0.4, -0.2) is 17.6 Å². The van der Waals surface area contributed by atoms with Crippen molar-refractivity contribution < 1.29 is 4.79 Å². The summed E-state index contributed by atoms with van der Waals surface area (Å²) in [5.74, 6) is 0.770. The van der Waals surface area contributed by atoms with Crippen LogP contribution >= 0.6 is 23.6 Å². The quantitative estimate of drug-likeness (QED) is 0.591. The second kappa shape index (κ2) is 7.45. The van der Waals surface area contributed by atoms with E-state index in [1.807, 2.05) is 11.4 Å². The molecule has 19 heavy (non-hydrogen) atoms. The molecule has 0 aliphatic carbocycles. The van der Waals surface area contributed by atoms with Gasteiger partial charge in [-0.2, -0.15) is 0 Å². The van der Waals surface area contributed by atoms with Gasteiger partial charge in [0.2, 0.25) is 0 Å². The summed E-state index contributed by atoms with van der Waals surface area (Å²) in [4.78, 5) is 13.1. The summed E-state index contributed by atoms with van der Waals surface area (Å²) in [7, 11) is 0. The lowest BCUT2D eigenvalue weighted by Crippen LogP contribution is -2.47. The smallest absolute Gasteiger partial charge is 0.270 e. The van der Waals surface area contributed by atoms with Gasteiger partial charge in [-0.3, -0.25) is 15.6 Å². The minimum atomic E-state index is -0.170. The van der Waals surface area contributed by atoms with Gasteiger partial charge in [0, 0.05) is 16.8 Å². The third-order valence-electron chi connectivity index (χ3n) is 2.41. The largest absolute Gasteiger partial charge is 0.361 e. The molecule has 1 rings (SSSR count). The maximum Gasteiger partial charge on any atom is 0.270 e.